The van der Waals surface area contributed by atoms with Crippen molar-refractivity contribution in [2.45, 2.75) is 59.3 Å². The second kappa shape index (κ2) is 12.2. The highest BCUT2D eigenvalue weighted by Crippen LogP contribution is 2.45. The SMILES string of the molecule is COc1cc(C)cc(-c2cc(CCC(=O)CCCC/C=C/C(C)C)cc(OC)c2O)c1O. The molecule has 0 saturated heterocycles. The van der Waals surface area contributed by atoms with E-state index in [4.69, 9.17) is 9.47 Å². The molecule has 0 fully saturated rings. The Balaban J connectivity index is 2.11. The van der Waals surface area contributed by atoms with Gasteiger partial charge < -0.3 is 19.7 Å². The van der Waals surface area contributed by atoms with Crippen molar-refractivity contribution in [1.82, 2.24) is 0 Å². The molecular formula is C27H36O5. The number of rotatable bonds is 12. The van der Waals surface area contributed by atoms with Gasteiger partial charge >= 0.3 is 0 Å². The number of Topliss-reactive ketones (excluding diaryl/α,β-unsaturated/α-hetero) is 1. The summed E-state index contributed by atoms with van der Waals surface area (Å²) in [7, 11) is 2.97. The quantitative estimate of drug-likeness (QED) is 0.296. The van der Waals surface area contributed by atoms with Gasteiger partial charge in [-0.25, -0.2) is 0 Å². The van der Waals surface area contributed by atoms with Gasteiger partial charge in [-0.2, -0.15) is 0 Å². The summed E-state index contributed by atoms with van der Waals surface area (Å²) in [5.41, 5.74) is 2.66. The van der Waals surface area contributed by atoms with E-state index in [2.05, 4.69) is 26.0 Å². The lowest BCUT2D eigenvalue weighted by Gasteiger charge is -2.15. The third-order valence-corrected chi connectivity index (χ3v) is 5.37. The van der Waals surface area contributed by atoms with Gasteiger partial charge in [-0.1, -0.05) is 26.0 Å². The number of hydrogen-bond acceptors (Lipinski definition) is 5. The molecule has 0 radical (unpaired) electrons. The van der Waals surface area contributed by atoms with Crippen LogP contribution in [0.3, 0.4) is 0 Å². The number of unbranched alkanes of at least 4 members (excludes halogenated alkanes) is 2. The van der Waals surface area contributed by atoms with Crippen LogP contribution in [0, 0.1) is 12.8 Å². The number of phenolic OH excluding ortho intramolecular Hbond substituents is 2. The Labute approximate surface area is 191 Å². The smallest absolute Gasteiger partial charge is 0.165 e. The van der Waals surface area contributed by atoms with Gasteiger partial charge in [0.15, 0.2) is 23.0 Å². The lowest BCUT2D eigenvalue weighted by molar-refractivity contribution is -0.119. The fourth-order valence-corrected chi connectivity index (χ4v) is 3.64. The van der Waals surface area contributed by atoms with Crippen molar-refractivity contribution in [2.24, 2.45) is 5.92 Å². The molecule has 0 bridgehead atoms. The molecule has 0 aromatic heterocycles. The van der Waals surface area contributed by atoms with Crippen molar-refractivity contribution in [2.75, 3.05) is 14.2 Å². The highest BCUT2D eigenvalue weighted by Gasteiger charge is 2.18. The summed E-state index contributed by atoms with van der Waals surface area (Å²) in [6.07, 6.45) is 8.84. The van der Waals surface area contributed by atoms with E-state index in [9.17, 15) is 15.0 Å². The molecule has 0 heterocycles. The standard InChI is InChI=1S/C27H36O5/c1-18(2)10-8-6-7-9-11-21(28)13-12-20-16-23(27(30)25(17-20)32-5)22-14-19(3)15-24(31-4)26(22)29/h8,10,14-18,29-30H,6-7,9,11-13H2,1-5H3/b10-8+. The summed E-state index contributed by atoms with van der Waals surface area (Å²) < 4.78 is 10.6. The van der Waals surface area contributed by atoms with Gasteiger partial charge in [0.25, 0.3) is 0 Å². The summed E-state index contributed by atoms with van der Waals surface area (Å²) in [4.78, 5) is 12.4. The fraction of sp³-hybridized carbons (Fsp3) is 0.444. The first-order valence-corrected chi connectivity index (χ1v) is 11.2. The van der Waals surface area contributed by atoms with E-state index < -0.39 is 0 Å². The number of hydrogen-bond donors (Lipinski definition) is 2. The molecule has 174 valence electrons. The van der Waals surface area contributed by atoms with E-state index >= 15 is 0 Å². The van der Waals surface area contributed by atoms with Gasteiger partial charge in [-0.3, -0.25) is 4.79 Å². The zero-order valence-corrected chi connectivity index (χ0v) is 19.9. The van der Waals surface area contributed by atoms with E-state index in [0.29, 0.717) is 47.8 Å². The number of aryl methyl sites for hydroxylation is 2. The minimum atomic E-state index is -0.0556. The Morgan fingerprint density at radius 1 is 0.938 bits per heavy atom. The summed E-state index contributed by atoms with van der Waals surface area (Å²) in [5.74, 6) is 1.33. The number of carbonyl (C=O) groups is 1. The topological polar surface area (TPSA) is 76.0 Å². The van der Waals surface area contributed by atoms with E-state index in [-0.39, 0.29) is 17.3 Å². The summed E-state index contributed by atoms with van der Waals surface area (Å²) in [6, 6.07) is 7.06. The lowest BCUT2D eigenvalue weighted by Crippen LogP contribution is -2.01. The number of carbonyl (C=O) groups excluding carboxylic acids is 1. The molecule has 0 saturated carbocycles. The Morgan fingerprint density at radius 2 is 1.56 bits per heavy atom. The van der Waals surface area contributed by atoms with Crippen LogP contribution in [-0.2, 0) is 11.2 Å². The number of methoxy groups -OCH3 is 2. The van der Waals surface area contributed by atoms with Crippen molar-refractivity contribution < 1.29 is 24.5 Å². The number of ether oxygens (including phenoxy) is 2. The molecule has 0 unspecified atom stereocenters. The molecule has 2 rings (SSSR count). The third-order valence-electron chi connectivity index (χ3n) is 5.37. The van der Waals surface area contributed by atoms with Crippen LogP contribution >= 0.6 is 0 Å². The van der Waals surface area contributed by atoms with Crippen molar-refractivity contribution in [3.05, 3.63) is 47.5 Å². The Kier molecular flexibility index (Phi) is 9.63. The number of aromatic hydroxyl groups is 2. The van der Waals surface area contributed by atoms with Gasteiger partial charge in [0.05, 0.1) is 14.2 Å². The second-order valence-corrected chi connectivity index (χ2v) is 8.51. The van der Waals surface area contributed by atoms with Crippen molar-refractivity contribution in [3.63, 3.8) is 0 Å². The Morgan fingerprint density at radius 3 is 2.19 bits per heavy atom. The molecule has 2 aromatic carbocycles. The van der Waals surface area contributed by atoms with Gasteiger partial charge in [-0.15, -0.1) is 0 Å². The molecule has 2 N–H and O–H groups in total. The molecule has 0 spiro atoms. The van der Waals surface area contributed by atoms with Gasteiger partial charge in [-0.05, 0) is 73.9 Å². The molecule has 0 atom stereocenters. The number of benzene rings is 2. The average Bonchev–Trinajstić information content (AvgIpc) is 2.76. The molecule has 0 amide bonds. The van der Waals surface area contributed by atoms with Crippen molar-refractivity contribution in [3.8, 4) is 34.1 Å². The first kappa shape index (κ1) is 25.3. The van der Waals surface area contributed by atoms with E-state index in [1.54, 1.807) is 24.3 Å². The Hall–Kier alpha value is -2.95. The number of allylic oxidation sites excluding steroid dienone is 2. The first-order valence-electron chi connectivity index (χ1n) is 11.2. The average molecular weight is 441 g/mol. The van der Waals surface area contributed by atoms with E-state index in [0.717, 1.165) is 30.4 Å². The highest BCUT2D eigenvalue weighted by molar-refractivity contribution is 5.82. The lowest BCUT2D eigenvalue weighted by atomic mass is 9.96. The van der Waals surface area contributed by atoms with Gasteiger partial charge in [0.2, 0.25) is 0 Å². The maximum absolute atomic E-state index is 12.4. The minimum Gasteiger partial charge on any atom is -0.504 e. The fourth-order valence-electron chi connectivity index (χ4n) is 3.64. The highest BCUT2D eigenvalue weighted by atomic mass is 16.5. The summed E-state index contributed by atoms with van der Waals surface area (Å²) in [6.45, 7) is 6.20. The van der Waals surface area contributed by atoms with Crippen LogP contribution in [0.1, 0.15) is 57.1 Å². The van der Waals surface area contributed by atoms with Crippen LogP contribution < -0.4 is 9.47 Å². The van der Waals surface area contributed by atoms with Crippen LogP contribution in [0.4, 0.5) is 0 Å². The van der Waals surface area contributed by atoms with Crippen LogP contribution in [0.5, 0.6) is 23.0 Å². The third kappa shape index (κ3) is 7.04. The van der Waals surface area contributed by atoms with Crippen LogP contribution in [0.15, 0.2) is 36.4 Å². The van der Waals surface area contributed by atoms with Crippen molar-refractivity contribution >= 4 is 5.78 Å². The maximum Gasteiger partial charge on any atom is 0.165 e. The zero-order chi connectivity index (χ0) is 23.7. The minimum absolute atomic E-state index is 0.0461. The molecule has 0 aliphatic heterocycles. The monoisotopic (exact) mass is 440 g/mol. The predicted molar refractivity (Wildman–Crippen MR) is 129 cm³/mol. The molecule has 0 aliphatic rings. The molecular weight excluding hydrogens is 404 g/mol. The second-order valence-electron chi connectivity index (χ2n) is 8.51. The summed E-state index contributed by atoms with van der Waals surface area (Å²) in [5, 5.41) is 21.3. The zero-order valence-electron chi connectivity index (χ0n) is 19.9. The largest absolute Gasteiger partial charge is 0.504 e. The molecule has 5 nitrogen and oxygen atoms in total. The van der Waals surface area contributed by atoms with Gasteiger partial charge in [0, 0.05) is 24.0 Å². The van der Waals surface area contributed by atoms with Crippen LogP contribution in [0.25, 0.3) is 11.1 Å². The van der Waals surface area contributed by atoms with E-state index in [1.165, 1.54) is 14.2 Å². The van der Waals surface area contributed by atoms with Crippen molar-refractivity contribution in [1.29, 1.82) is 0 Å². The van der Waals surface area contributed by atoms with Gasteiger partial charge in [0.1, 0.15) is 5.78 Å². The molecule has 5 heteroatoms. The number of phenols is 2. The molecule has 32 heavy (non-hydrogen) atoms. The first-order chi connectivity index (χ1) is 15.3. The maximum atomic E-state index is 12.4. The molecule has 2 aromatic rings. The Bertz CT molecular complexity index is 944. The normalized spacial score (nSPS) is 11.3. The van der Waals surface area contributed by atoms with Crippen LogP contribution in [0.2, 0.25) is 0 Å². The molecule has 0 aliphatic carbocycles. The van der Waals surface area contributed by atoms with Crippen LogP contribution in [-0.4, -0.2) is 30.2 Å². The summed E-state index contributed by atoms with van der Waals surface area (Å²) >= 11 is 0. The van der Waals surface area contributed by atoms with E-state index in [1.807, 2.05) is 6.92 Å². The predicted octanol–water partition coefficient (Wildman–Crippen LogP) is 6.36. The number of ketones is 1.